The molecule has 0 bridgehead atoms. The van der Waals surface area contributed by atoms with Crippen molar-refractivity contribution in [1.82, 2.24) is 0 Å². The van der Waals surface area contributed by atoms with Gasteiger partial charge in [0.2, 0.25) is 0 Å². The first-order valence-corrected chi connectivity index (χ1v) is 7.88. The molecule has 2 N–H and O–H groups in total. The Hall–Kier alpha value is -2.24. The molecule has 3 rings (SSSR count). The molecule has 5 heteroatoms. The quantitative estimate of drug-likeness (QED) is 0.810. The van der Waals surface area contributed by atoms with Crippen molar-refractivity contribution in [2.24, 2.45) is 0 Å². The van der Waals surface area contributed by atoms with Gasteiger partial charge in [0.25, 0.3) is 5.91 Å². The average Bonchev–Trinajstić information content (AvgIpc) is 2.76. The number of allylic oxidation sites excluding steroid dienone is 1. The second-order valence-corrected chi connectivity index (χ2v) is 6.31. The van der Waals surface area contributed by atoms with E-state index in [1.54, 1.807) is 24.3 Å². The van der Waals surface area contributed by atoms with Crippen molar-refractivity contribution >= 4 is 39.4 Å². The number of ketones is 1. The van der Waals surface area contributed by atoms with Gasteiger partial charge < -0.3 is 10.4 Å². The van der Waals surface area contributed by atoms with Gasteiger partial charge in [-0.15, -0.1) is 0 Å². The van der Waals surface area contributed by atoms with E-state index in [-0.39, 0.29) is 12.2 Å². The lowest BCUT2D eigenvalue weighted by molar-refractivity contribution is -0.138. The summed E-state index contributed by atoms with van der Waals surface area (Å²) in [6, 6.07) is 14.4. The highest BCUT2D eigenvalue weighted by atomic mass is 79.9. The number of hydrogen-bond acceptors (Lipinski definition) is 3. The maximum absolute atomic E-state index is 12.2. The molecule has 1 heterocycles. The summed E-state index contributed by atoms with van der Waals surface area (Å²) in [6.07, 6.45) is 2.76. The number of nitrogens with one attached hydrogen (secondary N) is 1. The van der Waals surface area contributed by atoms with Crippen molar-refractivity contribution in [3.8, 4) is 0 Å². The van der Waals surface area contributed by atoms with Crippen LogP contribution in [0.2, 0.25) is 0 Å². The van der Waals surface area contributed by atoms with Crippen LogP contribution in [0, 0.1) is 0 Å². The Balaban J connectivity index is 1.81. The highest BCUT2D eigenvalue weighted by Gasteiger charge is 2.46. The fourth-order valence-corrected chi connectivity index (χ4v) is 2.93. The SMILES string of the molecule is O=C(/C=C/c1ccccc1)C[C@]1(O)C(=O)Nc2cc(Br)ccc21. The summed E-state index contributed by atoms with van der Waals surface area (Å²) < 4.78 is 0.788. The molecule has 0 fully saturated rings. The molecule has 116 valence electrons. The van der Waals surface area contributed by atoms with Gasteiger partial charge in [0, 0.05) is 15.7 Å². The molecule has 1 atom stereocenters. The van der Waals surface area contributed by atoms with E-state index in [9.17, 15) is 14.7 Å². The maximum atomic E-state index is 12.2. The van der Waals surface area contributed by atoms with E-state index in [0.29, 0.717) is 11.3 Å². The maximum Gasteiger partial charge on any atom is 0.261 e. The molecule has 0 spiro atoms. The number of anilines is 1. The zero-order chi connectivity index (χ0) is 16.4. The van der Waals surface area contributed by atoms with E-state index in [4.69, 9.17) is 0 Å². The highest BCUT2D eigenvalue weighted by Crippen LogP contribution is 2.39. The van der Waals surface area contributed by atoms with Crippen molar-refractivity contribution < 1.29 is 14.7 Å². The average molecular weight is 372 g/mol. The number of fused-ring (bicyclic) bond motifs is 1. The van der Waals surface area contributed by atoms with Crippen LogP contribution in [0.3, 0.4) is 0 Å². The minimum absolute atomic E-state index is 0.295. The molecule has 0 radical (unpaired) electrons. The number of benzene rings is 2. The number of carbonyl (C=O) groups is 2. The van der Waals surface area contributed by atoms with Crippen LogP contribution in [0.15, 0.2) is 59.1 Å². The molecule has 0 saturated carbocycles. The molecular weight excluding hydrogens is 358 g/mol. The summed E-state index contributed by atoms with van der Waals surface area (Å²) >= 11 is 3.31. The first kappa shape index (κ1) is 15.6. The van der Waals surface area contributed by atoms with Gasteiger partial charge in [-0.05, 0) is 23.8 Å². The predicted octanol–water partition coefficient (Wildman–Crippen LogP) is 3.26. The molecule has 4 nitrogen and oxygen atoms in total. The number of rotatable bonds is 4. The smallest absolute Gasteiger partial charge is 0.261 e. The molecule has 23 heavy (non-hydrogen) atoms. The molecule has 2 aromatic carbocycles. The van der Waals surface area contributed by atoms with E-state index in [0.717, 1.165) is 10.0 Å². The van der Waals surface area contributed by atoms with Gasteiger partial charge in [0.05, 0.1) is 6.42 Å². The molecular formula is C18H14BrNO3. The zero-order valence-corrected chi connectivity index (χ0v) is 13.7. The van der Waals surface area contributed by atoms with Crippen molar-refractivity contribution in [3.05, 3.63) is 70.2 Å². The number of carbonyl (C=O) groups excluding carboxylic acids is 2. The Morgan fingerprint density at radius 3 is 2.70 bits per heavy atom. The lowest BCUT2D eigenvalue weighted by Crippen LogP contribution is -2.36. The second kappa shape index (κ2) is 6.10. The summed E-state index contributed by atoms with van der Waals surface area (Å²) in [7, 11) is 0. The molecule has 1 amide bonds. The summed E-state index contributed by atoms with van der Waals surface area (Å²) in [5.41, 5.74) is 0.000598. The molecule has 0 unspecified atom stereocenters. The van der Waals surface area contributed by atoms with Gasteiger partial charge in [-0.25, -0.2) is 0 Å². The molecule has 0 saturated heterocycles. The van der Waals surface area contributed by atoms with Crippen LogP contribution < -0.4 is 5.32 Å². The molecule has 0 aliphatic carbocycles. The van der Waals surface area contributed by atoms with Gasteiger partial charge in [-0.1, -0.05) is 58.4 Å². The number of aliphatic hydroxyl groups is 1. The van der Waals surface area contributed by atoms with Crippen molar-refractivity contribution in [1.29, 1.82) is 0 Å². The monoisotopic (exact) mass is 371 g/mol. The predicted molar refractivity (Wildman–Crippen MR) is 91.8 cm³/mol. The Labute approximate surface area is 142 Å². The van der Waals surface area contributed by atoms with E-state index < -0.39 is 11.5 Å². The third-order valence-corrected chi connectivity index (χ3v) is 4.24. The van der Waals surface area contributed by atoms with E-state index >= 15 is 0 Å². The van der Waals surface area contributed by atoms with E-state index in [1.165, 1.54) is 6.08 Å². The van der Waals surface area contributed by atoms with Crippen LogP contribution in [0.4, 0.5) is 5.69 Å². The van der Waals surface area contributed by atoms with E-state index in [2.05, 4.69) is 21.2 Å². The number of halogens is 1. The fourth-order valence-electron chi connectivity index (χ4n) is 2.57. The summed E-state index contributed by atoms with van der Waals surface area (Å²) in [5, 5.41) is 13.3. The summed E-state index contributed by atoms with van der Waals surface area (Å²) in [6.45, 7) is 0. The Kier molecular flexibility index (Phi) is 4.15. The summed E-state index contributed by atoms with van der Waals surface area (Å²) in [5.74, 6) is -0.894. The minimum atomic E-state index is -1.83. The summed E-state index contributed by atoms with van der Waals surface area (Å²) in [4.78, 5) is 24.3. The van der Waals surface area contributed by atoms with Crippen LogP contribution in [-0.2, 0) is 15.2 Å². The number of hydrogen-bond donors (Lipinski definition) is 2. The van der Waals surface area contributed by atoms with Crippen molar-refractivity contribution in [3.63, 3.8) is 0 Å². The third-order valence-electron chi connectivity index (χ3n) is 3.74. The zero-order valence-electron chi connectivity index (χ0n) is 12.1. The second-order valence-electron chi connectivity index (χ2n) is 5.39. The third kappa shape index (κ3) is 3.11. The Bertz CT molecular complexity index is 801. The normalized spacial score (nSPS) is 19.7. The van der Waals surface area contributed by atoms with Crippen LogP contribution >= 0.6 is 15.9 Å². The lowest BCUT2D eigenvalue weighted by Gasteiger charge is -2.19. The van der Waals surface area contributed by atoms with Crippen molar-refractivity contribution in [2.45, 2.75) is 12.0 Å². The van der Waals surface area contributed by atoms with Crippen molar-refractivity contribution in [2.75, 3.05) is 5.32 Å². The Morgan fingerprint density at radius 2 is 1.96 bits per heavy atom. The molecule has 0 aromatic heterocycles. The van der Waals surface area contributed by atoms with Crippen LogP contribution in [0.5, 0.6) is 0 Å². The molecule has 1 aliphatic heterocycles. The molecule has 2 aromatic rings. The lowest BCUT2D eigenvalue weighted by atomic mass is 9.90. The van der Waals surface area contributed by atoms with Crippen LogP contribution in [0.25, 0.3) is 6.08 Å². The largest absolute Gasteiger partial charge is 0.375 e. The minimum Gasteiger partial charge on any atom is -0.375 e. The van der Waals surface area contributed by atoms with Gasteiger partial charge in [0.1, 0.15) is 0 Å². The van der Waals surface area contributed by atoms with Gasteiger partial charge >= 0.3 is 0 Å². The fraction of sp³-hybridized carbons (Fsp3) is 0.111. The molecule has 1 aliphatic rings. The number of amides is 1. The van der Waals surface area contributed by atoms with E-state index in [1.807, 2.05) is 30.3 Å². The standard InChI is InChI=1S/C18H14BrNO3/c19-13-7-9-15-16(10-13)20-17(22)18(15,23)11-14(21)8-6-12-4-2-1-3-5-12/h1-10,23H,11H2,(H,20,22)/b8-6+/t18-/m1/s1. The van der Waals surface area contributed by atoms with Crippen LogP contribution in [0.1, 0.15) is 17.5 Å². The van der Waals surface area contributed by atoms with Crippen LogP contribution in [-0.4, -0.2) is 16.8 Å². The first-order chi connectivity index (χ1) is 11.0. The van der Waals surface area contributed by atoms with Gasteiger partial charge in [0.15, 0.2) is 11.4 Å². The topological polar surface area (TPSA) is 66.4 Å². The van der Waals surface area contributed by atoms with Gasteiger partial charge in [-0.3, -0.25) is 9.59 Å². The Morgan fingerprint density at radius 1 is 1.22 bits per heavy atom. The highest BCUT2D eigenvalue weighted by molar-refractivity contribution is 9.10. The first-order valence-electron chi connectivity index (χ1n) is 7.09. The van der Waals surface area contributed by atoms with Gasteiger partial charge in [-0.2, -0.15) is 0 Å².